The van der Waals surface area contributed by atoms with Gasteiger partial charge in [0.15, 0.2) is 0 Å². The van der Waals surface area contributed by atoms with E-state index in [1.165, 1.54) is 0 Å². The molecule has 1 N–H and O–H groups in total. The number of urea groups is 1. The number of carbonyl (C=O) groups excluding carboxylic acids is 2. The van der Waals surface area contributed by atoms with Crippen LogP contribution in [-0.2, 0) is 18.2 Å². The number of pyridine rings is 1. The third-order valence-corrected chi connectivity index (χ3v) is 6.56. The monoisotopic (exact) mass is 491 g/mol. The summed E-state index contributed by atoms with van der Waals surface area (Å²) >= 11 is 0. The average molecular weight is 492 g/mol. The number of piperazine rings is 1. The summed E-state index contributed by atoms with van der Waals surface area (Å²) in [6.45, 7) is 10.2. The van der Waals surface area contributed by atoms with Crippen LogP contribution >= 0.6 is 0 Å². The molecule has 2 aliphatic heterocycles. The third-order valence-electron chi connectivity index (χ3n) is 6.56. The third kappa shape index (κ3) is 4.67. The Hall–Kier alpha value is -3.82. The maximum Gasteiger partial charge on any atom is 0.410 e. The zero-order chi connectivity index (χ0) is 25.6. The summed E-state index contributed by atoms with van der Waals surface area (Å²) in [5, 5.41) is 8.36. The zero-order valence-corrected chi connectivity index (χ0v) is 21.5. The van der Waals surface area contributed by atoms with E-state index in [4.69, 9.17) is 4.74 Å². The van der Waals surface area contributed by atoms with E-state index >= 15 is 0 Å². The van der Waals surface area contributed by atoms with Gasteiger partial charge >= 0.3 is 12.1 Å². The molecule has 1 aromatic carbocycles. The molecule has 0 unspecified atom stereocenters. The van der Waals surface area contributed by atoms with Crippen molar-refractivity contribution in [3.63, 3.8) is 0 Å². The van der Waals surface area contributed by atoms with Crippen molar-refractivity contribution in [3.8, 4) is 0 Å². The molecule has 0 radical (unpaired) electrons. The van der Waals surface area contributed by atoms with E-state index in [0.29, 0.717) is 32.0 Å². The number of hydrogen-bond acceptors (Lipinski definition) is 6. The molecule has 1 fully saturated rings. The summed E-state index contributed by atoms with van der Waals surface area (Å²) in [6, 6.07) is 7.49. The molecule has 0 bridgehead atoms. The second kappa shape index (κ2) is 9.00. The van der Waals surface area contributed by atoms with Gasteiger partial charge in [0.05, 0.1) is 5.52 Å². The quantitative estimate of drug-likeness (QED) is 0.582. The molecule has 1 atom stereocenters. The van der Waals surface area contributed by atoms with Gasteiger partial charge < -0.3 is 19.9 Å². The Kier molecular flexibility index (Phi) is 5.97. The van der Waals surface area contributed by atoms with Crippen molar-refractivity contribution in [3.05, 3.63) is 42.2 Å². The smallest absolute Gasteiger partial charge is 0.410 e. The Bertz CT molecular complexity index is 1310. The lowest BCUT2D eigenvalue weighted by Gasteiger charge is -2.41. The van der Waals surface area contributed by atoms with E-state index in [2.05, 4.69) is 20.3 Å². The molecule has 4 heterocycles. The number of hydrogen-bond donors (Lipinski definition) is 1. The minimum absolute atomic E-state index is 0.000568. The van der Waals surface area contributed by atoms with Crippen molar-refractivity contribution in [2.45, 2.75) is 45.8 Å². The topological polar surface area (TPSA) is 95.8 Å². The van der Waals surface area contributed by atoms with E-state index in [9.17, 15) is 9.59 Å². The van der Waals surface area contributed by atoms with Gasteiger partial charge in [-0.3, -0.25) is 9.58 Å². The van der Waals surface area contributed by atoms with Crippen molar-refractivity contribution >= 4 is 40.2 Å². The molecule has 36 heavy (non-hydrogen) atoms. The normalized spacial score (nSPS) is 17.9. The number of aromatic nitrogens is 3. The number of benzene rings is 1. The Labute approximate surface area is 210 Å². The number of nitrogens with one attached hydrogen (secondary N) is 1. The lowest BCUT2D eigenvalue weighted by atomic mass is 10.1. The van der Waals surface area contributed by atoms with Crippen molar-refractivity contribution in [2.75, 3.05) is 41.3 Å². The summed E-state index contributed by atoms with van der Waals surface area (Å²) in [6.07, 6.45) is 4.13. The Balaban J connectivity index is 1.29. The fourth-order valence-electron chi connectivity index (χ4n) is 4.95. The van der Waals surface area contributed by atoms with Gasteiger partial charge in [-0.25, -0.2) is 14.6 Å². The van der Waals surface area contributed by atoms with E-state index < -0.39 is 5.60 Å². The second-order valence-corrected chi connectivity index (χ2v) is 10.5. The average Bonchev–Trinajstić information content (AvgIpc) is 3.40. The van der Waals surface area contributed by atoms with Crippen LogP contribution in [0.2, 0.25) is 0 Å². The Morgan fingerprint density at radius 2 is 1.94 bits per heavy atom. The number of amides is 3. The van der Waals surface area contributed by atoms with E-state index in [1.54, 1.807) is 20.7 Å². The van der Waals surface area contributed by atoms with Gasteiger partial charge in [-0.2, -0.15) is 5.10 Å². The van der Waals surface area contributed by atoms with Crippen molar-refractivity contribution < 1.29 is 14.3 Å². The van der Waals surface area contributed by atoms with Crippen LogP contribution in [0.25, 0.3) is 10.9 Å². The number of nitrogens with zero attached hydrogens (tertiary/aromatic N) is 6. The lowest BCUT2D eigenvalue weighted by molar-refractivity contribution is 0.0159. The number of carbonyl (C=O) groups is 2. The first-order valence-corrected chi connectivity index (χ1v) is 12.3. The number of fused-ring (bicyclic) bond motifs is 2. The minimum Gasteiger partial charge on any atom is -0.444 e. The molecule has 0 spiro atoms. The Morgan fingerprint density at radius 3 is 2.69 bits per heavy atom. The molecule has 1 saturated heterocycles. The van der Waals surface area contributed by atoms with Crippen LogP contribution < -0.4 is 15.1 Å². The fraction of sp³-hybridized carbons (Fsp3) is 0.462. The van der Waals surface area contributed by atoms with Crippen LogP contribution in [-0.4, -0.2) is 69.6 Å². The number of ether oxygens (including phenoxy) is 1. The van der Waals surface area contributed by atoms with Crippen molar-refractivity contribution in [1.29, 1.82) is 0 Å². The van der Waals surface area contributed by atoms with E-state index in [-0.39, 0.29) is 18.2 Å². The van der Waals surface area contributed by atoms with Crippen LogP contribution in [0.1, 0.15) is 33.3 Å². The maximum atomic E-state index is 13.2. The first kappa shape index (κ1) is 23.9. The molecule has 2 aliphatic rings. The van der Waals surface area contributed by atoms with Crippen LogP contribution in [0, 0.1) is 0 Å². The summed E-state index contributed by atoms with van der Waals surface area (Å²) in [4.78, 5) is 36.1. The molecular formula is C26H33N7O3. The number of aryl methyl sites for hydroxylation is 1. The standard InChI is InChI=1S/C26H33N7O3/c1-17-15-31(12-13-32(17)25(35)36-26(2,3)4)22-8-10-27-23-20(22)9-11-33(23)24(34)28-19-6-7-21-18(14-19)16-30(5)29-21/h6-8,10,14,16-17H,9,11-13,15H2,1-5H3,(H,28,34)/t17-/m1/s1. The van der Waals surface area contributed by atoms with Gasteiger partial charge in [-0.15, -0.1) is 0 Å². The van der Waals surface area contributed by atoms with E-state index in [1.807, 2.05) is 65.2 Å². The molecule has 10 heteroatoms. The highest BCUT2D eigenvalue weighted by atomic mass is 16.6. The predicted octanol–water partition coefficient (Wildman–Crippen LogP) is 4.01. The summed E-state index contributed by atoms with van der Waals surface area (Å²) < 4.78 is 7.34. The first-order valence-electron chi connectivity index (χ1n) is 12.3. The fourth-order valence-corrected chi connectivity index (χ4v) is 4.95. The van der Waals surface area contributed by atoms with Crippen LogP contribution in [0.5, 0.6) is 0 Å². The molecule has 5 rings (SSSR count). The Morgan fingerprint density at radius 1 is 1.14 bits per heavy atom. The van der Waals surface area contributed by atoms with Gasteiger partial charge in [-0.05, 0) is 58.4 Å². The molecule has 2 aromatic heterocycles. The van der Waals surface area contributed by atoms with Crippen LogP contribution in [0.3, 0.4) is 0 Å². The number of anilines is 3. The number of rotatable bonds is 2. The summed E-state index contributed by atoms with van der Waals surface area (Å²) in [5.74, 6) is 0.690. The molecule has 3 amide bonds. The van der Waals surface area contributed by atoms with E-state index in [0.717, 1.165) is 34.3 Å². The second-order valence-electron chi connectivity index (χ2n) is 10.5. The molecule has 0 saturated carbocycles. The zero-order valence-electron chi connectivity index (χ0n) is 21.5. The highest BCUT2D eigenvalue weighted by Crippen LogP contribution is 2.35. The van der Waals surface area contributed by atoms with Crippen LogP contribution in [0.4, 0.5) is 26.8 Å². The summed E-state index contributed by atoms with van der Waals surface area (Å²) in [7, 11) is 1.88. The molecule has 3 aromatic rings. The van der Waals surface area contributed by atoms with Crippen molar-refractivity contribution in [1.82, 2.24) is 19.7 Å². The summed E-state index contributed by atoms with van der Waals surface area (Å²) in [5.41, 5.74) is 3.22. The van der Waals surface area contributed by atoms with Gasteiger partial charge in [0.2, 0.25) is 0 Å². The van der Waals surface area contributed by atoms with Gasteiger partial charge in [-0.1, -0.05) is 0 Å². The molecule has 0 aliphatic carbocycles. The first-order chi connectivity index (χ1) is 17.1. The van der Waals surface area contributed by atoms with Gasteiger partial charge in [0.1, 0.15) is 11.4 Å². The van der Waals surface area contributed by atoms with Gasteiger partial charge in [0.25, 0.3) is 0 Å². The predicted molar refractivity (Wildman–Crippen MR) is 140 cm³/mol. The van der Waals surface area contributed by atoms with Crippen LogP contribution in [0.15, 0.2) is 36.7 Å². The van der Waals surface area contributed by atoms with Gasteiger partial charge in [0, 0.05) is 74.0 Å². The lowest BCUT2D eigenvalue weighted by Crippen LogP contribution is -2.55. The van der Waals surface area contributed by atoms with Crippen molar-refractivity contribution in [2.24, 2.45) is 7.05 Å². The molecular weight excluding hydrogens is 458 g/mol. The maximum absolute atomic E-state index is 13.2. The largest absolute Gasteiger partial charge is 0.444 e. The molecule has 10 nitrogen and oxygen atoms in total. The highest BCUT2D eigenvalue weighted by molar-refractivity contribution is 6.03. The SMILES string of the molecule is C[C@@H]1CN(c2ccnc3c2CCN3C(=O)Nc2ccc3nn(C)cc3c2)CCN1C(=O)OC(C)(C)C. The highest BCUT2D eigenvalue weighted by Gasteiger charge is 2.34. The minimum atomic E-state index is -0.520. The molecule has 190 valence electrons.